The van der Waals surface area contributed by atoms with Crippen molar-refractivity contribution in [2.45, 2.75) is 12.8 Å². The molecule has 0 aliphatic carbocycles. The fourth-order valence-electron chi connectivity index (χ4n) is 2.94. The summed E-state index contributed by atoms with van der Waals surface area (Å²) < 4.78 is 0. The molecule has 0 spiro atoms. The second-order valence-electron chi connectivity index (χ2n) is 5.91. The Bertz CT molecular complexity index is 961. The molecular formula is C22H18N2. The van der Waals surface area contributed by atoms with Crippen LogP contribution >= 0.6 is 0 Å². The molecular weight excluding hydrogens is 292 g/mol. The van der Waals surface area contributed by atoms with Crippen LogP contribution in [0.5, 0.6) is 0 Å². The molecule has 0 atom stereocenters. The predicted octanol–water partition coefficient (Wildman–Crippen LogP) is 5.08. The van der Waals surface area contributed by atoms with Crippen LogP contribution in [0.4, 0.5) is 0 Å². The van der Waals surface area contributed by atoms with Crippen molar-refractivity contribution >= 4 is 10.9 Å². The maximum Gasteiger partial charge on any atom is 0.0705 e. The van der Waals surface area contributed by atoms with Gasteiger partial charge in [0.2, 0.25) is 0 Å². The number of pyridine rings is 2. The first-order valence-corrected chi connectivity index (χ1v) is 8.23. The van der Waals surface area contributed by atoms with Gasteiger partial charge in [-0.05, 0) is 48.7 Å². The lowest BCUT2D eigenvalue weighted by Crippen LogP contribution is -1.95. The number of nitrogens with zero attached hydrogens (tertiary/aromatic N) is 2. The fourth-order valence-corrected chi connectivity index (χ4v) is 2.94. The summed E-state index contributed by atoms with van der Waals surface area (Å²) in [4.78, 5) is 9.19. The minimum atomic E-state index is 0.941. The van der Waals surface area contributed by atoms with E-state index in [9.17, 15) is 0 Å². The Morgan fingerprint density at radius 3 is 2.54 bits per heavy atom. The third-order valence-corrected chi connectivity index (χ3v) is 4.21. The molecule has 0 fully saturated rings. The highest BCUT2D eigenvalue weighted by molar-refractivity contribution is 5.78. The Labute approximate surface area is 141 Å². The Hall–Kier alpha value is -3.00. The second kappa shape index (κ2) is 6.63. The number of para-hydroxylation sites is 1. The lowest BCUT2D eigenvalue weighted by atomic mass is 10.0. The van der Waals surface area contributed by atoms with Crippen molar-refractivity contribution in [3.63, 3.8) is 0 Å². The largest absolute Gasteiger partial charge is 0.256 e. The summed E-state index contributed by atoms with van der Waals surface area (Å²) in [6.45, 7) is 0. The number of hydrogen-bond acceptors (Lipinski definition) is 2. The monoisotopic (exact) mass is 310 g/mol. The number of aryl methyl sites for hydroxylation is 2. The number of rotatable bonds is 4. The Morgan fingerprint density at radius 1 is 0.708 bits per heavy atom. The normalized spacial score (nSPS) is 10.8. The summed E-state index contributed by atoms with van der Waals surface area (Å²) in [7, 11) is 0. The standard InChI is InChI=1S/C22H18N2/c1-2-10-22-18(7-1)12-14-20(24-22)13-11-17-6-5-8-19(16-17)21-9-3-4-15-23-21/h1-10,12,14-16H,11,13H2. The van der Waals surface area contributed by atoms with Crippen LogP contribution in [0, 0.1) is 0 Å². The summed E-state index contributed by atoms with van der Waals surface area (Å²) in [5.41, 5.74) is 5.70. The van der Waals surface area contributed by atoms with Crippen molar-refractivity contribution in [1.82, 2.24) is 9.97 Å². The molecule has 0 radical (unpaired) electrons. The van der Waals surface area contributed by atoms with E-state index in [1.165, 1.54) is 16.5 Å². The zero-order valence-corrected chi connectivity index (χ0v) is 13.4. The topological polar surface area (TPSA) is 25.8 Å². The van der Waals surface area contributed by atoms with E-state index in [-0.39, 0.29) is 0 Å². The van der Waals surface area contributed by atoms with Gasteiger partial charge in [-0.25, -0.2) is 0 Å². The van der Waals surface area contributed by atoms with Crippen LogP contribution in [-0.2, 0) is 12.8 Å². The van der Waals surface area contributed by atoms with Crippen LogP contribution in [0.3, 0.4) is 0 Å². The molecule has 0 saturated carbocycles. The molecule has 24 heavy (non-hydrogen) atoms. The molecule has 2 aromatic heterocycles. The highest BCUT2D eigenvalue weighted by atomic mass is 14.7. The van der Waals surface area contributed by atoms with Crippen molar-refractivity contribution in [3.05, 3.63) is 96.3 Å². The van der Waals surface area contributed by atoms with Crippen LogP contribution in [0.15, 0.2) is 85.1 Å². The van der Waals surface area contributed by atoms with E-state index >= 15 is 0 Å². The Balaban J connectivity index is 1.53. The first-order chi connectivity index (χ1) is 11.9. The quantitative estimate of drug-likeness (QED) is 0.525. The minimum absolute atomic E-state index is 0.941. The first kappa shape index (κ1) is 14.6. The average Bonchev–Trinajstić information content (AvgIpc) is 2.67. The molecule has 0 saturated heterocycles. The molecule has 4 aromatic rings. The van der Waals surface area contributed by atoms with Crippen molar-refractivity contribution in [2.24, 2.45) is 0 Å². The zero-order valence-electron chi connectivity index (χ0n) is 13.4. The summed E-state index contributed by atoms with van der Waals surface area (Å²) in [6.07, 6.45) is 3.75. The number of benzene rings is 2. The van der Waals surface area contributed by atoms with Gasteiger partial charge >= 0.3 is 0 Å². The maximum atomic E-state index is 4.76. The molecule has 0 aliphatic heterocycles. The van der Waals surface area contributed by atoms with Crippen LogP contribution in [0.25, 0.3) is 22.2 Å². The van der Waals surface area contributed by atoms with E-state index in [0.717, 1.165) is 29.7 Å². The molecule has 0 aliphatic rings. The van der Waals surface area contributed by atoms with Gasteiger partial charge in [0.15, 0.2) is 0 Å². The number of fused-ring (bicyclic) bond motifs is 1. The Kier molecular flexibility index (Phi) is 4.03. The fraction of sp³-hybridized carbons (Fsp3) is 0.0909. The molecule has 2 nitrogen and oxygen atoms in total. The highest BCUT2D eigenvalue weighted by Crippen LogP contribution is 2.19. The van der Waals surface area contributed by atoms with E-state index in [1.54, 1.807) is 0 Å². The van der Waals surface area contributed by atoms with Crippen molar-refractivity contribution in [2.75, 3.05) is 0 Å². The van der Waals surface area contributed by atoms with E-state index in [1.807, 2.05) is 36.5 Å². The summed E-state index contributed by atoms with van der Waals surface area (Å²) >= 11 is 0. The van der Waals surface area contributed by atoms with E-state index in [0.29, 0.717) is 0 Å². The Morgan fingerprint density at radius 2 is 1.62 bits per heavy atom. The molecule has 2 heterocycles. The van der Waals surface area contributed by atoms with Gasteiger partial charge in [0, 0.05) is 22.8 Å². The molecule has 116 valence electrons. The summed E-state index contributed by atoms with van der Waals surface area (Å²) in [5.74, 6) is 0. The van der Waals surface area contributed by atoms with E-state index < -0.39 is 0 Å². The maximum absolute atomic E-state index is 4.76. The molecule has 2 heteroatoms. The number of aromatic nitrogens is 2. The van der Waals surface area contributed by atoms with Crippen LogP contribution in [0.2, 0.25) is 0 Å². The summed E-state index contributed by atoms with van der Waals surface area (Å²) in [6, 6.07) is 27.2. The third-order valence-electron chi connectivity index (χ3n) is 4.21. The van der Waals surface area contributed by atoms with E-state index in [4.69, 9.17) is 4.98 Å². The minimum Gasteiger partial charge on any atom is -0.256 e. The van der Waals surface area contributed by atoms with Crippen molar-refractivity contribution in [3.8, 4) is 11.3 Å². The predicted molar refractivity (Wildman–Crippen MR) is 98.8 cm³/mol. The van der Waals surface area contributed by atoms with Gasteiger partial charge in [-0.2, -0.15) is 0 Å². The van der Waals surface area contributed by atoms with Crippen LogP contribution in [0.1, 0.15) is 11.3 Å². The molecule has 0 bridgehead atoms. The molecule has 4 rings (SSSR count). The second-order valence-corrected chi connectivity index (χ2v) is 5.91. The van der Waals surface area contributed by atoms with Gasteiger partial charge in [-0.1, -0.05) is 48.5 Å². The van der Waals surface area contributed by atoms with Crippen LogP contribution < -0.4 is 0 Å². The smallest absolute Gasteiger partial charge is 0.0705 e. The zero-order chi connectivity index (χ0) is 16.2. The van der Waals surface area contributed by atoms with Gasteiger partial charge in [0.1, 0.15) is 0 Å². The van der Waals surface area contributed by atoms with Crippen LogP contribution in [-0.4, -0.2) is 9.97 Å². The first-order valence-electron chi connectivity index (χ1n) is 8.23. The number of hydrogen-bond donors (Lipinski definition) is 0. The molecule has 0 unspecified atom stereocenters. The van der Waals surface area contributed by atoms with Crippen molar-refractivity contribution in [1.29, 1.82) is 0 Å². The highest BCUT2D eigenvalue weighted by Gasteiger charge is 2.02. The van der Waals surface area contributed by atoms with Gasteiger partial charge < -0.3 is 0 Å². The SMILES string of the molecule is c1ccc(-c2cccc(CCc3ccc4ccccc4n3)c2)nc1. The van der Waals surface area contributed by atoms with Crippen molar-refractivity contribution < 1.29 is 0 Å². The van der Waals surface area contributed by atoms with Gasteiger partial charge in [-0.15, -0.1) is 0 Å². The third kappa shape index (κ3) is 3.18. The van der Waals surface area contributed by atoms with Gasteiger partial charge in [-0.3, -0.25) is 9.97 Å². The van der Waals surface area contributed by atoms with Gasteiger partial charge in [0.05, 0.1) is 11.2 Å². The molecule has 0 N–H and O–H groups in total. The van der Waals surface area contributed by atoms with Gasteiger partial charge in [0.25, 0.3) is 0 Å². The van der Waals surface area contributed by atoms with E-state index in [2.05, 4.69) is 53.5 Å². The average molecular weight is 310 g/mol. The summed E-state index contributed by atoms with van der Waals surface area (Å²) in [5, 5.41) is 1.19. The molecule has 0 amide bonds. The molecule has 2 aromatic carbocycles. The lowest BCUT2D eigenvalue weighted by molar-refractivity contribution is 0.923. The lowest BCUT2D eigenvalue weighted by Gasteiger charge is -2.06.